The Morgan fingerprint density at radius 3 is 2.72 bits per heavy atom. The zero-order chi connectivity index (χ0) is 20.4. The topological polar surface area (TPSA) is 75.9 Å². The second-order valence-corrected chi connectivity index (χ2v) is 7.75. The van der Waals surface area contributed by atoms with Crippen molar-refractivity contribution < 1.29 is 14.3 Å². The highest BCUT2D eigenvalue weighted by Crippen LogP contribution is 2.35. The summed E-state index contributed by atoms with van der Waals surface area (Å²) < 4.78 is 4.79. The zero-order valence-electron chi connectivity index (χ0n) is 16.7. The van der Waals surface area contributed by atoms with Crippen molar-refractivity contribution in [2.75, 3.05) is 23.5 Å². The molecule has 0 saturated carbocycles. The third kappa shape index (κ3) is 3.85. The highest BCUT2D eigenvalue weighted by Gasteiger charge is 2.39. The number of carbonyl (C=O) groups excluding carboxylic acids is 2. The van der Waals surface area contributed by atoms with Crippen LogP contribution in [0.5, 0.6) is 0 Å². The van der Waals surface area contributed by atoms with Gasteiger partial charge >= 0.3 is 12.0 Å². The van der Waals surface area contributed by atoms with Crippen molar-refractivity contribution in [2.24, 2.45) is 5.73 Å². The van der Waals surface area contributed by atoms with Crippen LogP contribution in [-0.4, -0.2) is 31.7 Å². The van der Waals surface area contributed by atoms with Gasteiger partial charge in [-0.3, -0.25) is 14.6 Å². The molecule has 1 aliphatic carbocycles. The van der Waals surface area contributed by atoms with Gasteiger partial charge in [0.1, 0.15) is 0 Å². The predicted molar refractivity (Wildman–Crippen MR) is 113 cm³/mol. The van der Waals surface area contributed by atoms with Crippen LogP contribution >= 0.6 is 0 Å². The standard InChI is InChI=1S/C23H27N3O3/c1-29-22(27)13-11-19-15-25(23(28)26(19)17-7-3-2-4-8-17)18-10-12-20-16(14-18)6-5-9-21(20)24/h2-4,7-8,10,12,14,19,21H,5-6,9,11,13,15,24H2,1H3. The summed E-state index contributed by atoms with van der Waals surface area (Å²) in [4.78, 5) is 28.7. The van der Waals surface area contributed by atoms with Gasteiger partial charge in [0.2, 0.25) is 0 Å². The Kier molecular flexibility index (Phi) is 5.53. The normalized spacial score (nSPS) is 21.2. The quantitative estimate of drug-likeness (QED) is 0.784. The smallest absolute Gasteiger partial charge is 0.329 e. The molecule has 0 bridgehead atoms. The average Bonchev–Trinajstić information content (AvgIpc) is 3.08. The minimum absolute atomic E-state index is 0.0638. The number of methoxy groups -OCH3 is 1. The van der Waals surface area contributed by atoms with Gasteiger partial charge in [-0.2, -0.15) is 0 Å². The predicted octanol–water partition coefficient (Wildman–Crippen LogP) is 3.79. The minimum atomic E-state index is -0.258. The fourth-order valence-electron chi connectivity index (χ4n) is 4.40. The van der Waals surface area contributed by atoms with Gasteiger partial charge in [-0.15, -0.1) is 0 Å². The second kappa shape index (κ2) is 8.25. The Morgan fingerprint density at radius 2 is 1.97 bits per heavy atom. The van der Waals surface area contributed by atoms with Gasteiger partial charge < -0.3 is 10.5 Å². The summed E-state index contributed by atoms with van der Waals surface area (Å²) in [5.41, 5.74) is 10.4. The van der Waals surface area contributed by atoms with Crippen molar-refractivity contribution in [3.05, 3.63) is 59.7 Å². The number of fused-ring (bicyclic) bond motifs is 1. The molecule has 0 radical (unpaired) electrons. The van der Waals surface area contributed by atoms with E-state index in [2.05, 4.69) is 12.1 Å². The van der Waals surface area contributed by atoms with Crippen LogP contribution < -0.4 is 15.5 Å². The maximum absolute atomic E-state index is 13.4. The van der Waals surface area contributed by atoms with Crippen molar-refractivity contribution in [3.8, 4) is 0 Å². The SMILES string of the molecule is COC(=O)CCC1CN(c2ccc3c(c2)CCCC3N)C(=O)N1c1ccccc1. The number of nitrogens with two attached hydrogens (primary N) is 1. The first-order valence-corrected chi connectivity index (χ1v) is 10.2. The molecule has 2 amide bonds. The van der Waals surface area contributed by atoms with Gasteiger partial charge in [0.25, 0.3) is 0 Å². The van der Waals surface area contributed by atoms with Crippen LogP contribution in [0.1, 0.15) is 42.9 Å². The van der Waals surface area contributed by atoms with Crippen molar-refractivity contribution in [1.82, 2.24) is 0 Å². The third-order valence-corrected chi connectivity index (χ3v) is 5.94. The van der Waals surface area contributed by atoms with Crippen LogP contribution in [0.25, 0.3) is 0 Å². The highest BCUT2D eigenvalue weighted by atomic mass is 16.5. The van der Waals surface area contributed by atoms with Gasteiger partial charge in [0.15, 0.2) is 0 Å². The number of anilines is 2. The summed E-state index contributed by atoms with van der Waals surface area (Å²) in [7, 11) is 1.39. The molecule has 1 saturated heterocycles. The number of para-hydroxylation sites is 1. The van der Waals surface area contributed by atoms with Crippen molar-refractivity contribution in [3.63, 3.8) is 0 Å². The fraction of sp³-hybridized carbons (Fsp3) is 0.391. The van der Waals surface area contributed by atoms with Crippen LogP contribution in [0, 0.1) is 0 Å². The number of benzene rings is 2. The summed E-state index contributed by atoms with van der Waals surface area (Å²) in [5.74, 6) is -0.258. The molecule has 152 valence electrons. The Morgan fingerprint density at radius 1 is 1.17 bits per heavy atom. The Bertz CT molecular complexity index is 899. The lowest BCUT2D eigenvalue weighted by Gasteiger charge is -2.25. The Hall–Kier alpha value is -2.86. The van der Waals surface area contributed by atoms with Crippen molar-refractivity contribution in [1.29, 1.82) is 0 Å². The largest absolute Gasteiger partial charge is 0.469 e. The molecule has 2 aromatic rings. The van der Waals surface area contributed by atoms with Crippen LogP contribution in [0.2, 0.25) is 0 Å². The minimum Gasteiger partial charge on any atom is -0.469 e. The number of nitrogens with zero attached hydrogens (tertiary/aromatic N) is 2. The lowest BCUT2D eigenvalue weighted by Crippen LogP contribution is -2.35. The summed E-state index contributed by atoms with van der Waals surface area (Å²) in [6.07, 6.45) is 3.91. The van der Waals surface area contributed by atoms with Crippen LogP contribution in [-0.2, 0) is 16.0 Å². The number of ether oxygens (including phenoxy) is 1. The first-order valence-electron chi connectivity index (χ1n) is 10.2. The van der Waals surface area contributed by atoms with Gasteiger partial charge in [-0.05, 0) is 61.1 Å². The molecule has 0 spiro atoms. The van der Waals surface area contributed by atoms with Crippen molar-refractivity contribution >= 4 is 23.4 Å². The van der Waals surface area contributed by atoms with E-state index in [-0.39, 0.29) is 30.5 Å². The van der Waals surface area contributed by atoms with Gasteiger partial charge in [0, 0.05) is 30.4 Å². The van der Waals surface area contributed by atoms with E-state index in [1.165, 1.54) is 18.2 Å². The number of aryl methyl sites for hydroxylation is 1. The maximum atomic E-state index is 13.4. The maximum Gasteiger partial charge on any atom is 0.329 e. The van der Waals surface area contributed by atoms with E-state index in [4.69, 9.17) is 10.5 Å². The molecule has 1 heterocycles. The zero-order valence-corrected chi connectivity index (χ0v) is 16.7. The Labute approximate surface area is 171 Å². The van der Waals surface area contributed by atoms with E-state index in [1.54, 1.807) is 4.90 Å². The van der Waals surface area contributed by atoms with E-state index in [9.17, 15) is 9.59 Å². The summed E-state index contributed by atoms with van der Waals surface area (Å²) in [5, 5.41) is 0. The van der Waals surface area contributed by atoms with E-state index in [0.717, 1.165) is 30.6 Å². The molecular weight excluding hydrogens is 366 g/mol. The molecule has 6 nitrogen and oxygen atoms in total. The molecule has 2 aromatic carbocycles. The summed E-state index contributed by atoms with van der Waals surface area (Å²) in [6, 6.07) is 15.7. The van der Waals surface area contributed by atoms with E-state index in [0.29, 0.717) is 13.0 Å². The third-order valence-electron chi connectivity index (χ3n) is 5.94. The summed E-state index contributed by atoms with van der Waals surface area (Å²) >= 11 is 0. The number of urea groups is 1. The lowest BCUT2D eigenvalue weighted by molar-refractivity contribution is -0.140. The average molecular weight is 393 g/mol. The first-order chi connectivity index (χ1) is 14.1. The van der Waals surface area contributed by atoms with E-state index in [1.807, 2.05) is 41.3 Å². The van der Waals surface area contributed by atoms with E-state index >= 15 is 0 Å². The molecule has 6 heteroatoms. The number of hydrogen-bond donors (Lipinski definition) is 1. The lowest BCUT2D eigenvalue weighted by atomic mass is 9.88. The van der Waals surface area contributed by atoms with Crippen LogP contribution in [0.15, 0.2) is 48.5 Å². The number of esters is 1. The van der Waals surface area contributed by atoms with Gasteiger partial charge in [-0.1, -0.05) is 24.3 Å². The molecular formula is C23H27N3O3. The van der Waals surface area contributed by atoms with Gasteiger partial charge in [-0.25, -0.2) is 4.79 Å². The van der Waals surface area contributed by atoms with Crippen LogP contribution in [0.4, 0.5) is 16.2 Å². The summed E-state index contributed by atoms with van der Waals surface area (Å²) in [6.45, 7) is 0.537. The molecule has 2 unspecified atom stereocenters. The van der Waals surface area contributed by atoms with E-state index < -0.39 is 0 Å². The number of amides is 2. The fourth-order valence-corrected chi connectivity index (χ4v) is 4.40. The van der Waals surface area contributed by atoms with Crippen molar-refractivity contribution in [2.45, 2.75) is 44.2 Å². The van der Waals surface area contributed by atoms with Gasteiger partial charge in [0.05, 0.1) is 13.2 Å². The molecule has 4 rings (SSSR count). The molecule has 29 heavy (non-hydrogen) atoms. The monoisotopic (exact) mass is 393 g/mol. The molecule has 2 aliphatic rings. The Balaban J connectivity index is 1.63. The number of rotatable bonds is 5. The highest BCUT2D eigenvalue weighted by molar-refractivity contribution is 6.07. The second-order valence-electron chi connectivity index (χ2n) is 7.75. The molecule has 2 atom stereocenters. The number of hydrogen-bond acceptors (Lipinski definition) is 4. The molecule has 0 aromatic heterocycles. The van der Waals surface area contributed by atoms with Crippen LogP contribution in [0.3, 0.4) is 0 Å². The first kappa shape index (κ1) is 19.5. The molecule has 1 aliphatic heterocycles. The molecule has 2 N–H and O–H groups in total. The number of carbonyl (C=O) groups is 2. The molecule has 1 fully saturated rings.